The smallest absolute Gasteiger partial charge is 0.416 e. The SMILES string of the molecule is CC(CC(=O)O)CN1CCc2nc(-c3ccc(OCc4ccc(C(F)(F)F)cc4)cc3F)ncc2C1. The minimum absolute atomic E-state index is 0.00610. The highest BCUT2D eigenvalue weighted by Crippen LogP contribution is 2.30. The molecule has 2 aromatic carbocycles. The molecule has 190 valence electrons. The van der Waals surface area contributed by atoms with Crippen LogP contribution in [0.15, 0.2) is 48.7 Å². The molecule has 10 heteroatoms. The summed E-state index contributed by atoms with van der Waals surface area (Å²) in [6, 6.07) is 8.88. The van der Waals surface area contributed by atoms with Crippen molar-refractivity contribution in [2.45, 2.75) is 39.1 Å². The Morgan fingerprint density at radius 1 is 1.19 bits per heavy atom. The number of carboxylic acid groups (broad SMARTS) is 1. The Balaban J connectivity index is 1.39. The lowest BCUT2D eigenvalue weighted by Crippen LogP contribution is -2.35. The van der Waals surface area contributed by atoms with Crippen molar-refractivity contribution >= 4 is 5.97 Å². The van der Waals surface area contributed by atoms with E-state index in [0.717, 1.165) is 29.9 Å². The molecule has 1 N–H and O–H groups in total. The summed E-state index contributed by atoms with van der Waals surface area (Å²) in [5.41, 5.74) is 1.77. The molecular formula is C26H25F4N3O3. The molecule has 1 aliphatic heterocycles. The van der Waals surface area contributed by atoms with E-state index in [-0.39, 0.29) is 36.1 Å². The molecule has 1 aromatic heterocycles. The van der Waals surface area contributed by atoms with Gasteiger partial charge in [0.25, 0.3) is 0 Å². The fraction of sp³-hybridized carbons (Fsp3) is 0.346. The second kappa shape index (κ2) is 10.6. The molecule has 0 amide bonds. The van der Waals surface area contributed by atoms with Gasteiger partial charge in [0.05, 0.1) is 16.8 Å². The number of fused-ring (bicyclic) bond motifs is 1. The third-order valence-corrected chi connectivity index (χ3v) is 5.97. The zero-order valence-electron chi connectivity index (χ0n) is 19.6. The number of rotatable bonds is 8. The van der Waals surface area contributed by atoms with Gasteiger partial charge in [-0.1, -0.05) is 19.1 Å². The van der Waals surface area contributed by atoms with Crippen molar-refractivity contribution < 1.29 is 32.2 Å². The molecule has 0 saturated carbocycles. The van der Waals surface area contributed by atoms with Gasteiger partial charge in [0.15, 0.2) is 5.82 Å². The fourth-order valence-corrected chi connectivity index (χ4v) is 4.19. The lowest BCUT2D eigenvalue weighted by Gasteiger charge is -2.29. The number of nitrogens with zero attached hydrogens (tertiary/aromatic N) is 3. The van der Waals surface area contributed by atoms with Crippen LogP contribution in [0.25, 0.3) is 11.4 Å². The number of ether oxygens (including phenoxy) is 1. The molecule has 36 heavy (non-hydrogen) atoms. The van der Waals surface area contributed by atoms with Crippen LogP contribution < -0.4 is 4.74 Å². The molecule has 1 atom stereocenters. The van der Waals surface area contributed by atoms with Gasteiger partial charge in [-0.2, -0.15) is 13.2 Å². The zero-order valence-corrected chi connectivity index (χ0v) is 19.6. The first-order valence-electron chi connectivity index (χ1n) is 11.5. The van der Waals surface area contributed by atoms with Gasteiger partial charge in [-0.05, 0) is 35.7 Å². The van der Waals surface area contributed by atoms with E-state index in [1.165, 1.54) is 24.3 Å². The Labute approximate surface area is 205 Å². The van der Waals surface area contributed by atoms with E-state index in [0.29, 0.717) is 25.1 Å². The Bertz CT molecular complexity index is 1230. The number of hydrogen-bond donors (Lipinski definition) is 1. The van der Waals surface area contributed by atoms with Gasteiger partial charge in [-0.15, -0.1) is 0 Å². The Kier molecular flexibility index (Phi) is 7.53. The highest BCUT2D eigenvalue weighted by Gasteiger charge is 2.30. The van der Waals surface area contributed by atoms with E-state index in [4.69, 9.17) is 9.84 Å². The highest BCUT2D eigenvalue weighted by molar-refractivity contribution is 5.67. The summed E-state index contributed by atoms with van der Waals surface area (Å²) in [6.07, 6.45) is -1.96. The van der Waals surface area contributed by atoms with Crippen LogP contribution in [-0.2, 0) is 30.5 Å². The van der Waals surface area contributed by atoms with Crippen molar-refractivity contribution in [3.05, 3.63) is 76.9 Å². The van der Waals surface area contributed by atoms with Crippen LogP contribution in [0.1, 0.15) is 35.7 Å². The maximum Gasteiger partial charge on any atom is 0.416 e. The van der Waals surface area contributed by atoms with Crippen LogP contribution in [0.4, 0.5) is 17.6 Å². The average molecular weight is 503 g/mol. The number of halogens is 4. The van der Waals surface area contributed by atoms with Gasteiger partial charge in [0.1, 0.15) is 18.2 Å². The van der Waals surface area contributed by atoms with Crippen LogP contribution in [-0.4, -0.2) is 39.0 Å². The standard InChI is InChI=1S/C26H25F4N3O3/c1-16(10-24(34)35)13-33-9-8-23-18(14-33)12-31-25(32-23)21-7-6-20(11-22(21)27)36-15-17-2-4-19(5-3-17)26(28,29)30/h2-7,11-12,16H,8-10,13-15H2,1H3,(H,34,35). The number of aromatic nitrogens is 2. The first-order chi connectivity index (χ1) is 17.1. The van der Waals surface area contributed by atoms with Crippen LogP contribution >= 0.6 is 0 Å². The minimum atomic E-state index is -4.41. The minimum Gasteiger partial charge on any atom is -0.489 e. The summed E-state index contributed by atoms with van der Waals surface area (Å²) < 4.78 is 58.4. The Morgan fingerprint density at radius 3 is 2.61 bits per heavy atom. The van der Waals surface area contributed by atoms with Crippen molar-refractivity contribution in [2.24, 2.45) is 5.92 Å². The van der Waals surface area contributed by atoms with Crippen LogP contribution in [0.3, 0.4) is 0 Å². The molecule has 0 radical (unpaired) electrons. The van der Waals surface area contributed by atoms with E-state index in [1.54, 1.807) is 12.3 Å². The summed E-state index contributed by atoms with van der Waals surface area (Å²) in [6.45, 7) is 3.90. The molecule has 6 nitrogen and oxygen atoms in total. The first-order valence-corrected chi connectivity index (χ1v) is 11.5. The molecule has 4 rings (SSSR count). The number of benzene rings is 2. The van der Waals surface area contributed by atoms with E-state index in [1.807, 2.05) is 6.92 Å². The van der Waals surface area contributed by atoms with Crippen molar-refractivity contribution in [3.63, 3.8) is 0 Å². The molecule has 0 spiro atoms. The van der Waals surface area contributed by atoms with Crippen LogP contribution in [0.2, 0.25) is 0 Å². The Morgan fingerprint density at radius 2 is 1.94 bits per heavy atom. The second-order valence-corrected chi connectivity index (χ2v) is 8.98. The van der Waals surface area contributed by atoms with E-state index in [2.05, 4.69) is 14.9 Å². The zero-order chi connectivity index (χ0) is 25.9. The lowest BCUT2D eigenvalue weighted by atomic mass is 10.0. The summed E-state index contributed by atoms with van der Waals surface area (Å²) in [5, 5.41) is 8.95. The predicted octanol–water partition coefficient (Wildman–Crippen LogP) is 5.35. The fourth-order valence-electron chi connectivity index (χ4n) is 4.19. The quantitative estimate of drug-likeness (QED) is 0.418. The number of hydrogen-bond acceptors (Lipinski definition) is 5. The van der Waals surface area contributed by atoms with E-state index in [9.17, 15) is 22.4 Å². The summed E-state index contributed by atoms with van der Waals surface area (Å²) in [4.78, 5) is 22.0. The van der Waals surface area contributed by atoms with Gasteiger partial charge in [-0.3, -0.25) is 9.69 Å². The molecule has 1 aliphatic rings. The molecule has 0 bridgehead atoms. The predicted molar refractivity (Wildman–Crippen MR) is 124 cm³/mol. The van der Waals surface area contributed by atoms with Crippen LogP contribution in [0, 0.1) is 11.7 Å². The van der Waals surface area contributed by atoms with Crippen molar-refractivity contribution in [1.82, 2.24) is 14.9 Å². The lowest BCUT2D eigenvalue weighted by molar-refractivity contribution is -0.138. The van der Waals surface area contributed by atoms with E-state index < -0.39 is 23.5 Å². The van der Waals surface area contributed by atoms with E-state index >= 15 is 0 Å². The van der Waals surface area contributed by atoms with Crippen LogP contribution in [0.5, 0.6) is 5.75 Å². The number of carbonyl (C=O) groups is 1. The number of carboxylic acids is 1. The maximum absolute atomic E-state index is 14.8. The van der Waals surface area contributed by atoms with Crippen molar-refractivity contribution in [2.75, 3.05) is 13.1 Å². The van der Waals surface area contributed by atoms with Gasteiger partial charge >= 0.3 is 12.1 Å². The van der Waals surface area contributed by atoms with Gasteiger partial charge < -0.3 is 9.84 Å². The molecule has 3 aromatic rings. The molecule has 1 unspecified atom stereocenters. The second-order valence-electron chi connectivity index (χ2n) is 8.98. The average Bonchev–Trinajstić information content (AvgIpc) is 2.81. The maximum atomic E-state index is 14.8. The first kappa shape index (κ1) is 25.6. The molecular weight excluding hydrogens is 478 g/mol. The van der Waals surface area contributed by atoms with Crippen molar-refractivity contribution in [3.8, 4) is 17.1 Å². The molecule has 2 heterocycles. The van der Waals surface area contributed by atoms with Crippen molar-refractivity contribution in [1.29, 1.82) is 0 Å². The Hall–Kier alpha value is -3.53. The summed E-state index contributed by atoms with van der Waals surface area (Å²) >= 11 is 0. The topological polar surface area (TPSA) is 75.5 Å². The monoisotopic (exact) mass is 503 g/mol. The van der Waals surface area contributed by atoms with Gasteiger partial charge in [0, 0.05) is 50.3 Å². The van der Waals surface area contributed by atoms with Gasteiger partial charge in [0.2, 0.25) is 0 Å². The molecule has 0 saturated heterocycles. The summed E-state index contributed by atoms with van der Waals surface area (Å²) in [7, 11) is 0. The number of alkyl halides is 3. The normalized spacial score (nSPS) is 14.8. The third-order valence-electron chi connectivity index (χ3n) is 5.97. The highest BCUT2D eigenvalue weighted by atomic mass is 19.4. The largest absolute Gasteiger partial charge is 0.489 e. The number of aliphatic carboxylic acids is 1. The third kappa shape index (κ3) is 6.37. The summed E-state index contributed by atoms with van der Waals surface area (Å²) in [5.74, 6) is -0.863. The van der Waals surface area contributed by atoms with Gasteiger partial charge in [-0.25, -0.2) is 14.4 Å². The molecule has 0 aliphatic carbocycles. The molecule has 0 fully saturated rings.